The maximum atomic E-state index is 11.7. The molecular weight excluding hydrogens is 288 g/mol. The van der Waals surface area contributed by atoms with Crippen molar-refractivity contribution in [1.29, 1.82) is 0 Å². The zero-order valence-corrected chi connectivity index (χ0v) is 12.2. The van der Waals surface area contributed by atoms with Gasteiger partial charge in [-0.05, 0) is 37.5 Å². The average molecular weight is 305 g/mol. The van der Waals surface area contributed by atoms with Gasteiger partial charge in [-0.15, -0.1) is 11.6 Å². The Morgan fingerprint density at radius 1 is 1.37 bits per heavy atom. The summed E-state index contributed by atoms with van der Waals surface area (Å²) >= 11 is 5.53. The Labute approximate surface area is 118 Å². The normalized spacial score (nSPS) is 11.3. The Kier molecular flexibility index (Phi) is 5.78. The van der Waals surface area contributed by atoms with Gasteiger partial charge in [0, 0.05) is 18.0 Å². The molecule has 0 aliphatic heterocycles. The van der Waals surface area contributed by atoms with E-state index in [1.165, 1.54) is 12.1 Å². The van der Waals surface area contributed by atoms with Crippen molar-refractivity contribution in [2.24, 2.45) is 5.14 Å². The number of nitrogens with one attached hydrogen (secondary N) is 1. The summed E-state index contributed by atoms with van der Waals surface area (Å²) in [5, 5.41) is 7.73. The first-order chi connectivity index (χ1) is 8.84. The third kappa shape index (κ3) is 5.18. The van der Waals surface area contributed by atoms with Crippen LogP contribution in [0.15, 0.2) is 23.1 Å². The molecule has 0 aromatic heterocycles. The van der Waals surface area contributed by atoms with Crippen molar-refractivity contribution in [2.45, 2.75) is 31.1 Å². The summed E-state index contributed by atoms with van der Waals surface area (Å²) < 4.78 is 22.5. The van der Waals surface area contributed by atoms with Crippen molar-refractivity contribution < 1.29 is 13.2 Å². The minimum absolute atomic E-state index is 0.0193. The maximum Gasteiger partial charge on any atom is 0.238 e. The number of benzene rings is 1. The summed E-state index contributed by atoms with van der Waals surface area (Å²) in [7, 11) is -3.77. The highest BCUT2D eigenvalue weighted by molar-refractivity contribution is 7.89. The molecule has 1 rings (SSSR count). The number of carbonyl (C=O) groups excluding carboxylic acids is 1. The van der Waals surface area contributed by atoms with Crippen molar-refractivity contribution in [3.8, 4) is 0 Å². The van der Waals surface area contributed by atoms with Gasteiger partial charge in [-0.1, -0.05) is 6.07 Å². The van der Waals surface area contributed by atoms with Gasteiger partial charge in [0.15, 0.2) is 0 Å². The Balaban J connectivity index is 2.80. The number of amides is 1. The van der Waals surface area contributed by atoms with E-state index in [0.29, 0.717) is 24.4 Å². The van der Waals surface area contributed by atoms with Crippen LogP contribution in [0.25, 0.3) is 0 Å². The first-order valence-electron chi connectivity index (χ1n) is 5.84. The number of rotatable bonds is 6. The number of carbonyl (C=O) groups is 1. The number of anilines is 1. The van der Waals surface area contributed by atoms with Gasteiger partial charge in [0.2, 0.25) is 15.9 Å². The van der Waals surface area contributed by atoms with E-state index in [-0.39, 0.29) is 10.8 Å². The molecular formula is C12H17ClN2O3S. The molecule has 1 aromatic carbocycles. The van der Waals surface area contributed by atoms with Gasteiger partial charge >= 0.3 is 0 Å². The fourth-order valence-corrected chi connectivity index (χ4v) is 2.23. The van der Waals surface area contributed by atoms with E-state index >= 15 is 0 Å². The van der Waals surface area contributed by atoms with E-state index < -0.39 is 10.0 Å². The summed E-state index contributed by atoms with van der Waals surface area (Å²) in [6, 6.07) is 4.38. The predicted molar refractivity (Wildman–Crippen MR) is 75.8 cm³/mol. The first kappa shape index (κ1) is 15.9. The Bertz CT molecular complexity index is 558. The van der Waals surface area contributed by atoms with E-state index in [1.54, 1.807) is 13.0 Å². The van der Waals surface area contributed by atoms with Crippen molar-refractivity contribution in [1.82, 2.24) is 0 Å². The van der Waals surface area contributed by atoms with Crippen LogP contribution in [-0.2, 0) is 14.8 Å². The zero-order chi connectivity index (χ0) is 14.5. The van der Waals surface area contributed by atoms with Crippen molar-refractivity contribution >= 4 is 33.2 Å². The smallest absolute Gasteiger partial charge is 0.238 e. The SMILES string of the molecule is Cc1ccc(S(N)(=O)=O)cc1NC(=O)CCCCCl. The minimum Gasteiger partial charge on any atom is -0.326 e. The number of primary sulfonamides is 1. The molecule has 3 N–H and O–H groups in total. The summed E-state index contributed by atoms with van der Waals surface area (Å²) in [5.41, 5.74) is 1.24. The number of halogens is 1. The molecule has 0 heterocycles. The van der Waals surface area contributed by atoms with Crippen LogP contribution in [0.5, 0.6) is 0 Å². The third-order valence-corrected chi connectivity index (χ3v) is 3.78. The fourth-order valence-electron chi connectivity index (χ4n) is 1.51. The molecule has 0 spiro atoms. The van der Waals surface area contributed by atoms with Crippen molar-refractivity contribution in [2.75, 3.05) is 11.2 Å². The van der Waals surface area contributed by atoms with E-state index in [0.717, 1.165) is 12.0 Å². The van der Waals surface area contributed by atoms with E-state index in [9.17, 15) is 13.2 Å². The van der Waals surface area contributed by atoms with Crippen LogP contribution in [0.1, 0.15) is 24.8 Å². The summed E-state index contributed by atoms with van der Waals surface area (Å²) in [6.07, 6.45) is 1.82. The van der Waals surface area contributed by atoms with Gasteiger partial charge in [0.05, 0.1) is 4.90 Å². The van der Waals surface area contributed by atoms with Gasteiger partial charge in [0.25, 0.3) is 0 Å². The fraction of sp³-hybridized carbons (Fsp3) is 0.417. The molecule has 1 amide bonds. The molecule has 0 fully saturated rings. The van der Waals surface area contributed by atoms with Crippen LogP contribution < -0.4 is 10.5 Å². The Morgan fingerprint density at radius 2 is 2.05 bits per heavy atom. The van der Waals surface area contributed by atoms with Crippen LogP contribution in [0.3, 0.4) is 0 Å². The van der Waals surface area contributed by atoms with Gasteiger partial charge in [-0.3, -0.25) is 4.79 Å². The summed E-state index contributed by atoms with van der Waals surface area (Å²) in [4.78, 5) is 11.6. The molecule has 0 saturated carbocycles. The molecule has 0 saturated heterocycles. The second-order valence-corrected chi connectivity index (χ2v) is 6.16. The molecule has 106 valence electrons. The van der Waals surface area contributed by atoms with E-state index in [4.69, 9.17) is 16.7 Å². The number of unbranched alkanes of at least 4 members (excludes halogenated alkanes) is 1. The van der Waals surface area contributed by atoms with Gasteiger partial charge in [0.1, 0.15) is 0 Å². The lowest BCUT2D eigenvalue weighted by molar-refractivity contribution is -0.116. The lowest BCUT2D eigenvalue weighted by Gasteiger charge is -2.09. The highest BCUT2D eigenvalue weighted by Gasteiger charge is 2.11. The van der Waals surface area contributed by atoms with Crippen LogP contribution in [0.2, 0.25) is 0 Å². The van der Waals surface area contributed by atoms with Crippen LogP contribution in [0, 0.1) is 6.92 Å². The second kappa shape index (κ2) is 6.88. The molecule has 5 nitrogen and oxygen atoms in total. The number of hydrogen-bond donors (Lipinski definition) is 2. The summed E-state index contributed by atoms with van der Waals surface area (Å²) in [6.45, 7) is 1.78. The van der Waals surface area contributed by atoms with Crippen LogP contribution in [0.4, 0.5) is 5.69 Å². The molecule has 0 atom stereocenters. The largest absolute Gasteiger partial charge is 0.326 e. The third-order valence-electron chi connectivity index (χ3n) is 2.60. The predicted octanol–water partition coefficient (Wildman–Crippen LogP) is 1.99. The van der Waals surface area contributed by atoms with Crippen molar-refractivity contribution in [3.05, 3.63) is 23.8 Å². The van der Waals surface area contributed by atoms with Gasteiger partial charge in [-0.25, -0.2) is 13.6 Å². The molecule has 0 aliphatic rings. The Morgan fingerprint density at radius 3 is 2.63 bits per heavy atom. The highest BCUT2D eigenvalue weighted by atomic mass is 35.5. The number of alkyl halides is 1. The molecule has 7 heteroatoms. The summed E-state index contributed by atoms with van der Waals surface area (Å²) in [5.74, 6) is 0.354. The number of sulfonamides is 1. The number of nitrogens with two attached hydrogens (primary N) is 1. The zero-order valence-electron chi connectivity index (χ0n) is 10.6. The number of hydrogen-bond acceptors (Lipinski definition) is 3. The lowest BCUT2D eigenvalue weighted by Crippen LogP contribution is -2.15. The molecule has 0 radical (unpaired) electrons. The van der Waals surface area contributed by atoms with Crippen LogP contribution >= 0.6 is 11.6 Å². The molecule has 0 bridgehead atoms. The van der Waals surface area contributed by atoms with Crippen LogP contribution in [-0.4, -0.2) is 20.2 Å². The molecule has 0 aliphatic carbocycles. The number of aryl methyl sites for hydroxylation is 1. The topological polar surface area (TPSA) is 89.3 Å². The van der Waals surface area contributed by atoms with Gasteiger partial charge in [-0.2, -0.15) is 0 Å². The molecule has 19 heavy (non-hydrogen) atoms. The molecule has 0 unspecified atom stereocenters. The minimum atomic E-state index is -3.77. The first-order valence-corrected chi connectivity index (χ1v) is 7.92. The van der Waals surface area contributed by atoms with E-state index in [1.807, 2.05) is 0 Å². The quantitative estimate of drug-likeness (QED) is 0.622. The maximum absolute atomic E-state index is 11.7. The van der Waals surface area contributed by atoms with E-state index in [2.05, 4.69) is 5.32 Å². The van der Waals surface area contributed by atoms with Crippen molar-refractivity contribution in [3.63, 3.8) is 0 Å². The average Bonchev–Trinajstić information content (AvgIpc) is 2.31. The lowest BCUT2D eigenvalue weighted by atomic mass is 10.2. The Hall–Kier alpha value is -1.11. The monoisotopic (exact) mass is 304 g/mol. The standard InChI is InChI=1S/C12H17ClN2O3S/c1-9-5-6-10(19(14,17)18)8-11(9)15-12(16)4-2-3-7-13/h5-6,8H,2-4,7H2,1H3,(H,15,16)(H2,14,17,18). The highest BCUT2D eigenvalue weighted by Crippen LogP contribution is 2.19. The second-order valence-electron chi connectivity index (χ2n) is 4.22. The van der Waals surface area contributed by atoms with Gasteiger partial charge < -0.3 is 5.32 Å². The molecule has 1 aromatic rings.